The highest BCUT2D eigenvalue weighted by molar-refractivity contribution is 7.13. The van der Waals surface area contributed by atoms with Crippen molar-refractivity contribution in [3.63, 3.8) is 0 Å². The van der Waals surface area contributed by atoms with E-state index in [1.165, 1.54) is 17.4 Å². The monoisotopic (exact) mass is 405 g/mol. The van der Waals surface area contributed by atoms with Gasteiger partial charge in [0.2, 0.25) is 0 Å². The first kappa shape index (κ1) is 18.8. The molecular weight excluding hydrogens is 389 g/mol. The number of nitrogens with one attached hydrogen (secondary N) is 1. The Morgan fingerprint density at radius 1 is 1.03 bits per heavy atom. The summed E-state index contributed by atoms with van der Waals surface area (Å²) in [5.41, 5.74) is 2.48. The molecule has 0 spiro atoms. The lowest BCUT2D eigenvalue weighted by atomic mass is 10.1. The molecule has 0 unspecified atom stereocenters. The minimum atomic E-state index is -0.317. The van der Waals surface area contributed by atoms with E-state index in [2.05, 4.69) is 15.3 Å². The zero-order chi connectivity index (χ0) is 20.1. The average Bonchev–Trinajstić information content (AvgIpc) is 3.23. The van der Waals surface area contributed by atoms with Crippen LogP contribution >= 0.6 is 11.3 Å². The third kappa shape index (κ3) is 4.47. The molecule has 2 aromatic heterocycles. The molecule has 4 rings (SSSR count). The van der Waals surface area contributed by atoms with E-state index in [0.29, 0.717) is 27.7 Å². The first-order chi connectivity index (χ1) is 14.2. The maximum Gasteiger partial charge on any atom is 0.262 e. The second-order valence-electron chi connectivity index (χ2n) is 6.09. The van der Waals surface area contributed by atoms with Crippen molar-refractivity contribution in [3.05, 3.63) is 84.3 Å². The van der Waals surface area contributed by atoms with Gasteiger partial charge in [0.1, 0.15) is 16.6 Å². The summed E-state index contributed by atoms with van der Waals surface area (Å²) in [4.78, 5) is 20.8. The number of carbonyl (C=O) groups is 1. The van der Waals surface area contributed by atoms with Crippen LogP contribution in [0, 0.1) is 5.82 Å². The molecule has 0 aliphatic rings. The van der Waals surface area contributed by atoms with Crippen LogP contribution in [0.3, 0.4) is 0 Å². The molecule has 2 heterocycles. The fourth-order valence-corrected chi connectivity index (χ4v) is 3.59. The van der Waals surface area contributed by atoms with Crippen molar-refractivity contribution in [2.24, 2.45) is 0 Å². The summed E-state index contributed by atoms with van der Waals surface area (Å²) in [5, 5.41) is 5.27. The number of benzene rings is 2. The molecule has 1 N–H and O–H groups in total. The smallest absolute Gasteiger partial charge is 0.262 e. The van der Waals surface area contributed by atoms with Crippen LogP contribution in [0.4, 0.5) is 10.1 Å². The Balaban J connectivity index is 1.52. The molecule has 0 aliphatic heterocycles. The highest BCUT2D eigenvalue weighted by atomic mass is 32.1. The first-order valence-electron chi connectivity index (χ1n) is 8.83. The molecule has 0 aliphatic carbocycles. The number of hydrogen-bond acceptors (Lipinski definition) is 5. The summed E-state index contributed by atoms with van der Waals surface area (Å²) >= 11 is 1.35. The maximum absolute atomic E-state index is 14.1. The van der Waals surface area contributed by atoms with E-state index in [-0.39, 0.29) is 18.3 Å². The number of amides is 1. The third-order valence-electron chi connectivity index (χ3n) is 4.09. The van der Waals surface area contributed by atoms with Crippen molar-refractivity contribution in [1.29, 1.82) is 0 Å². The quantitative estimate of drug-likeness (QED) is 0.489. The van der Waals surface area contributed by atoms with E-state index in [1.54, 1.807) is 48.8 Å². The Labute approximate surface area is 170 Å². The highest BCUT2D eigenvalue weighted by Crippen LogP contribution is 2.33. The summed E-state index contributed by atoms with van der Waals surface area (Å²) in [6, 6.07) is 17.3. The molecule has 0 radical (unpaired) electrons. The largest absolute Gasteiger partial charge is 0.482 e. The molecule has 0 saturated heterocycles. The number of thiazole rings is 1. The van der Waals surface area contributed by atoms with Crippen LogP contribution < -0.4 is 10.1 Å². The van der Waals surface area contributed by atoms with Gasteiger partial charge in [-0.2, -0.15) is 0 Å². The van der Waals surface area contributed by atoms with E-state index in [0.717, 1.165) is 5.56 Å². The summed E-state index contributed by atoms with van der Waals surface area (Å²) in [6.45, 7) is -0.141. The SMILES string of the molecule is O=C(COc1cccnc1)Nc1ccccc1-c1csc(-c2ccccc2F)n1. The van der Waals surface area contributed by atoms with Gasteiger partial charge in [0.15, 0.2) is 6.61 Å². The van der Waals surface area contributed by atoms with Crippen LogP contribution in [0.15, 0.2) is 78.4 Å². The molecule has 0 fully saturated rings. The molecular formula is C22H16FN3O2S. The van der Waals surface area contributed by atoms with Crippen LogP contribution in [0.5, 0.6) is 5.75 Å². The van der Waals surface area contributed by atoms with Gasteiger partial charge in [0.05, 0.1) is 17.6 Å². The summed E-state index contributed by atoms with van der Waals surface area (Å²) in [6.07, 6.45) is 3.17. The molecule has 7 heteroatoms. The molecule has 0 atom stereocenters. The summed E-state index contributed by atoms with van der Waals surface area (Å²) in [5.74, 6) is -0.0987. The number of carbonyl (C=O) groups excluding carboxylic acids is 1. The van der Waals surface area contributed by atoms with Crippen molar-refractivity contribution < 1.29 is 13.9 Å². The Morgan fingerprint density at radius 3 is 2.62 bits per heavy atom. The topological polar surface area (TPSA) is 64.1 Å². The van der Waals surface area contributed by atoms with Gasteiger partial charge in [-0.3, -0.25) is 9.78 Å². The molecule has 0 bridgehead atoms. The number of rotatable bonds is 6. The number of pyridine rings is 1. The minimum Gasteiger partial charge on any atom is -0.482 e. The van der Waals surface area contributed by atoms with Crippen LogP contribution in [0.25, 0.3) is 21.8 Å². The zero-order valence-corrected chi connectivity index (χ0v) is 16.0. The fraction of sp³-hybridized carbons (Fsp3) is 0.0455. The predicted molar refractivity (Wildman–Crippen MR) is 111 cm³/mol. The van der Waals surface area contributed by atoms with E-state index >= 15 is 0 Å². The van der Waals surface area contributed by atoms with Crippen LogP contribution in [-0.2, 0) is 4.79 Å². The van der Waals surface area contributed by atoms with Gasteiger partial charge >= 0.3 is 0 Å². The lowest BCUT2D eigenvalue weighted by molar-refractivity contribution is -0.118. The van der Waals surface area contributed by atoms with Gasteiger partial charge in [-0.25, -0.2) is 9.37 Å². The molecule has 0 saturated carbocycles. The van der Waals surface area contributed by atoms with Gasteiger partial charge < -0.3 is 10.1 Å². The zero-order valence-electron chi connectivity index (χ0n) is 15.2. The number of nitrogens with zero attached hydrogens (tertiary/aromatic N) is 2. The van der Waals surface area contributed by atoms with Crippen LogP contribution in [0.2, 0.25) is 0 Å². The Morgan fingerprint density at radius 2 is 1.83 bits per heavy atom. The van der Waals surface area contributed by atoms with Gasteiger partial charge in [-0.15, -0.1) is 11.3 Å². The standard InChI is InChI=1S/C22H16FN3O2S/c23-18-9-3-1-7-16(18)22-26-20(14-29-22)17-8-2-4-10-19(17)25-21(27)13-28-15-6-5-11-24-12-15/h1-12,14H,13H2,(H,25,27). The molecule has 5 nitrogen and oxygen atoms in total. The lowest BCUT2D eigenvalue weighted by Crippen LogP contribution is -2.20. The van der Waals surface area contributed by atoms with Crippen molar-refractivity contribution in [2.45, 2.75) is 0 Å². The van der Waals surface area contributed by atoms with E-state index in [1.807, 2.05) is 23.6 Å². The maximum atomic E-state index is 14.1. The molecule has 4 aromatic rings. The number of anilines is 1. The predicted octanol–water partition coefficient (Wildman–Crippen LogP) is 5.03. The van der Waals surface area contributed by atoms with Crippen molar-refractivity contribution in [1.82, 2.24) is 9.97 Å². The molecule has 144 valence electrons. The number of hydrogen-bond donors (Lipinski definition) is 1. The second kappa shape index (κ2) is 8.62. The van der Waals surface area contributed by atoms with Crippen molar-refractivity contribution >= 4 is 22.9 Å². The Hall–Kier alpha value is -3.58. The van der Waals surface area contributed by atoms with Crippen LogP contribution in [-0.4, -0.2) is 22.5 Å². The molecule has 1 amide bonds. The average molecular weight is 405 g/mol. The fourth-order valence-electron chi connectivity index (χ4n) is 2.74. The molecule has 29 heavy (non-hydrogen) atoms. The number of para-hydroxylation sites is 1. The number of halogens is 1. The highest BCUT2D eigenvalue weighted by Gasteiger charge is 2.14. The van der Waals surface area contributed by atoms with E-state index < -0.39 is 0 Å². The first-order valence-corrected chi connectivity index (χ1v) is 9.71. The van der Waals surface area contributed by atoms with Gasteiger partial charge in [0.25, 0.3) is 5.91 Å². The minimum absolute atomic E-state index is 0.141. The van der Waals surface area contributed by atoms with Gasteiger partial charge in [-0.1, -0.05) is 30.3 Å². The summed E-state index contributed by atoms with van der Waals surface area (Å²) < 4.78 is 19.5. The second-order valence-corrected chi connectivity index (χ2v) is 6.95. The van der Waals surface area contributed by atoms with E-state index in [9.17, 15) is 9.18 Å². The third-order valence-corrected chi connectivity index (χ3v) is 4.97. The Kier molecular flexibility index (Phi) is 5.58. The van der Waals surface area contributed by atoms with Gasteiger partial charge in [0, 0.05) is 22.7 Å². The Bertz CT molecular complexity index is 1130. The number of aromatic nitrogens is 2. The molecule has 2 aromatic carbocycles. The van der Waals surface area contributed by atoms with Gasteiger partial charge in [-0.05, 0) is 30.3 Å². The van der Waals surface area contributed by atoms with Crippen molar-refractivity contribution in [2.75, 3.05) is 11.9 Å². The van der Waals surface area contributed by atoms with Crippen molar-refractivity contribution in [3.8, 4) is 27.6 Å². The summed E-state index contributed by atoms with van der Waals surface area (Å²) in [7, 11) is 0. The number of ether oxygens (including phenoxy) is 1. The lowest BCUT2D eigenvalue weighted by Gasteiger charge is -2.10. The van der Waals surface area contributed by atoms with E-state index in [4.69, 9.17) is 4.74 Å². The van der Waals surface area contributed by atoms with Crippen LogP contribution in [0.1, 0.15) is 0 Å². The normalized spacial score (nSPS) is 10.5.